The lowest BCUT2D eigenvalue weighted by Gasteiger charge is -2.24. The van der Waals surface area contributed by atoms with Crippen LogP contribution in [0.5, 0.6) is 0 Å². The number of hydrogen-bond donors (Lipinski definition) is 1. The fraction of sp³-hybridized carbons (Fsp3) is 0.278. The van der Waals surface area contributed by atoms with Crippen molar-refractivity contribution >= 4 is 11.5 Å². The van der Waals surface area contributed by atoms with Crippen molar-refractivity contribution in [2.45, 2.75) is 33.2 Å². The summed E-state index contributed by atoms with van der Waals surface area (Å²) in [6.07, 6.45) is 2.01. The van der Waals surface area contributed by atoms with Crippen LogP contribution in [0.25, 0.3) is 0 Å². The Morgan fingerprint density at radius 1 is 0.950 bits per heavy atom. The molecule has 1 N–H and O–H groups in total. The highest BCUT2D eigenvalue weighted by atomic mass is 15.2. The predicted molar refractivity (Wildman–Crippen MR) is 84.7 cm³/mol. The fourth-order valence-corrected chi connectivity index (χ4v) is 3.04. The first kappa shape index (κ1) is 12.9. The minimum absolute atomic E-state index is 0.635. The SMILES string of the molecule is CCc1cccc(CC)c1N1Cc2ccccc2C1=N. The first-order valence-electron chi connectivity index (χ1n) is 7.31. The van der Waals surface area contributed by atoms with E-state index in [2.05, 4.69) is 55.1 Å². The van der Waals surface area contributed by atoms with Crippen molar-refractivity contribution in [3.05, 3.63) is 64.7 Å². The third-order valence-electron chi connectivity index (χ3n) is 4.11. The maximum absolute atomic E-state index is 8.49. The standard InChI is InChI=1S/C18H20N2/c1-3-13-9-7-10-14(4-2)17(13)20-12-15-8-5-6-11-16(15)18(20)19/h5-11,19H,3-4,12H2,1-2H3. The smallest absolute Gasteiger partial charge is 0.133 e. The molecule has 20 heavy (non-hydrogen) atoms. The van der Waals surface area contributed by atoms with E-state index in [1.54, 1.807) is 0 Å². The van der Waals surface area contributed by atoms with Crippen LogP contribution in [0, 0.1) is 5.41 Å². The topological polar surface area (TPSA) is 27.1 Å². The zero-order valence-corrected chi connectivity index (χ0v) is 12.1. The van der Waals surface area contributed by atoms with Crippen molar-refractivity contribution in [1.82, 2.24) is 0 Å². The Morgan fingerprint density at radius 2 is 1.60 bits per heavy atom. The molecule has 2 aromatic rings. The van der Waals surface area contributed by atoms with Crippen molar-refractivity contribution < 1.29 is 0 Å². The number of anilines is 1. The summed E-state index contributed by atoms with van der Waals surface area (Å²) < 4.78 is 0. The highest BCUT2D eigenvalue weighted by molar-refractivity contribution is 6.12. The van der Waals surface area contributed by atoms with Gasteiger partial charge in [0.15, 0.2) is 0 Å². The lowest BCUT2D eigenvalue weighted by atomic mass is 10.0. The maximum atomic E-state index is 8.49. The zero-order valence-electron chi connectivity index (χ0n) is 12.1. The summed E-state index contributed by atoms with van der Waals surface area (Å²) in [7, 11) is 0. The van der Waals surface area contributed by atoms with E-state index in [1.807, 2.05) is 6.07 Å². The van der Waals surface area contributed by atoms with Crippen LogP contribution in [0.1, 0.15) is 36.1 Å². The normalized spacial score (nSPS) is 13.7. The minimum atomic E-state index is 0.635. The number of rotatable bonds is 3. The first-order chi connectivity index (χ1) is 9.76. The molecule has 0 bridgehead atoms. The van der Waals surface area contributed by atoms with Crippen molar-refractivity contribution in [3.8, 4) is 0 Å². The maximum Gasteiger partial charge on any atom is 0.133 e. The molecule has 0 unspecified atom stereocenters. The molecule has 0 atom stereocenters. The number of nitrogens with zero attached hydrogens (tertiary/aromatic N) is 1. The molecule has 102 valence electrons. The van der Waals surface area contributed by atoms with Crippen LogP contribution in [0.15, 0.2) is 42.5 Å². The molecule has 2 heteroatoms. The van der Waals surface area contributed by atoms with Gasteiger partial charge in [0.25, 0.3) is 0 Å². The van der Waals surface area contributed by atoms with Gasteiger partial charge in [-0.15, -0.1) is 0 Å². The highest BCUT2D eigenvalue weighted by Gasteiger charge is 2.27. The monoisotopic (exact) mass is 264 g/mol. The Balaban J connectivity index is 2.10. The Labute approximate surface area is 120 Å². The molecular weight excluding hydrogens is 244 g/mol. The summed E-state index contributed by atoms with van der Waals surface area (Å²) in [4.78, 5) is 2.17. The van der Waals surface area contributed by atoms with Gasteiger partial charge in [0.1, 0.15) is 5.84 Å². The summed E-state index contributed by atoms with van der Waals surface area (Å²) in [5.41, 5.74) is 6.24. The molecule has 0 amide bonds. The molecule has 2 nitrogen and oxygen atoms in total. The molecule has 0 fully saturated rings. The van der Waals surface area contributed by atoms with Gasteiger partial charge in [0.2, 0.25) is 0 Å². The molecule has 0 radical (unpaired) electrons. The predicted octanol–water partition coefficient (Wildman–Crippen LogP) is 4.16. The van der Waals surface area contributed by atoms with Crippen molar-refractivity contribution in [1.29, 1.82) is 5.41 Å². The number of hydrogen-bond acceptors (Lipinski definition) is 1. The van der Waals surface area contributed by atoms with Crippen LogP contribution in [-0.4, -0.2) is 5.84 Å². The molecule has 2 aromatic carbocycles. The van der Waals surface area contributed by atoms with Crippen LogP contribution in [0.3, 0.4) is 0 Å². The molecule has 0 aromatic heterocycles. The first-order valence-corrected chi connectivity index (χ1v) is 7.31. The average molecular weight is 264 g/mol. The second-order valence-electron chi connectivity index (χ2n) is 5.22. The Kier molecular flexibility index (Phi) is 3.31. The van der Waals surface area contributed by atoms with Gasteiger partial charge < -0.3 is 4.90 Å². The fourth-order valence-electron chi connectivity index (χ4n) is 3.04. The molecule has 1 heterocycles. The van der Waals surface area contributed by atoms with E-state index in [-0.39, 0.29) is 0 Å². The van der Waals surface area contributed by atoms with Gasteiger partial charge in [-0.3, -0.25) is 5.41 Å². The Hall–Kier alpha value is -2.09. The Morgan fingerprint density at radius 3 is 2.20 bits per heavy atom. The summed E-state index contributed by atoms with van der Waals surface area (Å²) in [6, 6.07) is 14.8. The number of nitrogens with one attached hydrogen (secondary N) is 1. The van der Waals surface area contributed by atoms with E-state index in [9.17, 15) is 0 Å². The van der Waals surface area contributed by atoms with Gasteiger partial charge in [-0.25, -0.2) is 0 Å². The third-order valence-corrected chi connectivity index (χ3v) is 4.11. The van der Waals surface area contributed by atoms with Crippen LogP contribution in [0.2, 0.25) is 0 Å². The van der Waals surface area contributed by atoms with Crippen molar-refractivity contribution in [3.63, 3.8) is 0 Å². The minimum Gasteiger partial charge on any atom is -0.321 e. The van der Waals surface area contributed by atoms with E-state index in [1.165, 1.54) is 22.4 Å². The lowest BCUT2D eigenvalue weighted by molar-refractivity contribution is 0.985. The van der Waals surface area contributed by atoms with Gasteiger partial charge in [-0.05, 0) is 29.5 Å². The van der Waals surface area contributed by atoms with Crippen LogP contribution < -0.4 is 4.90 Å². The molecule has 0 saturated heterocycles. The molecule has 0 spiro atoms. The number of benzene rings is 2. The van der Waals surface area contributed by atoms with Gasteiger partial charge in [0.05, 0.1) is 6.54 Å². The Bertz CT molecular complexity index is 636. The molecule has 0 saturated carbocycles. The molecule has 3 rings (SSSR count). The van der Waals surface area contributed by atoms with Crippen molar-refractivity contribution in [2.24, 2.45) is 0 Å². The van der Waals surface area contributed by atoms with E-state index in [4.69, 9.17) is 5.41 Å². The number of aryl methyl sites for hydroxylation is 2. The van der Waals surface area contributed by atoms with Gasteiger partial charge in [0, 0.05) is 11.3 Å². The average Bonchev–Trinajstić information content (AvgIpc) is 2.83. The van der Waals surface area contributed by atoms with Gasteiger partial charge in [-0.1, -0.05) is 56.3 Å². The summed E-state index contributed by atoms with van der Waals surface area (Å²) in [5.74, 6) is 0.635. The quantitative estimate of drug-likeness (QED) is 0.885. The molecular formula is C18H20N2. The number of fused-ring (bicyclic) bond motifs is 1. The van der Waals surface area contributed by atoms with Crippen molar-refractivity contribution in [2.75, 3.05) is 4.90 Å². The van der Waals surface area contributed by atoms with Gasteiger partial charge in [-0.2, -0.15) is 0 Å². The van der Waals surface area contributed by atoms with Crippen LogP contribution in [-0.2, 0) is 19.4 Å². The van der Waals surface area contributed by atoms with E-state index in [0.29, 0.717) is 5.84 Å². The van der Waals surface area contributed by atoms with E-state index in [0.717, 1.165) is 24.9 Å². The molecule has 1 aliphatic rings. The number of para-hydroxylation sites is 1. The third kappa shape index (κ3) is 1.92. The number of amidine groups is 1. The largest absolute Gasteiger partial charge is 0.321 e. The molecule has 1 aliphatic heterocycles. The van der Waals surface area contributed by atoms with Gasteiger partial charge >= 0.3 is 0 Å². The second kappa shape index (κ2) is 5.12. The zero-order chi connectivity index (χ0) is 14.1. The van der Waals surface area contributed by atoms with E-state index >= 15 is 0 Å². The second-order valence-corrected chi connectivity index (χ2v) is 5.22. The summed E-state index contributed by atoms with van der Waals surface area (Å²) in [6.45, 7) is 5.19. The highest BCUT2D eigenvalue weighted by Crippen LogP contribution is 2.33. The molecule has 0 aliphatic carbocycles. The summed E-state index contributed by atoms with van der Waals surface area (Å²) >= 11 is 0. The lowest BCUT2D eigenvalue weighted by Crippen LogP contribution is -2.25. The van der Waals surface area contributed by atoms with Crippen LogP contribution in [0.4, 0.5) is 5.69 Å². The summed E-state index contributed by atoms with van der Waals surface area (Å²) in [5, 5.41) is 8.49. The van der Waals surface area contributed by atoms with Crippen LogP contribution >= 0.6 is 0 Å². The van der Waals surface area contributed by atoms with E-state index < -0.39 is 0 Å².